The number of hydrogen-bond acceptors (Lipinski definition) is 2. The summed E-state index contributed by atoms with van der Waals surface area (Å²) in [6.45, 7) is 6.10. The highest BCUT2D eigenvalue weighted by molar-refractivity contribution is 6.30. The van der Waals surface area contributed by atoms with Crippen molar-refractivity contribution >= 4 is 17.5 Å². The molecule has 1 aromatic heterocycles. The molecule has 2 heterocycles. The molecule has 1 fully saturated rings. The molecule has 1 amide bonds. The van der Waals surface area contributed by atoms with Crippen LogP contribution in [0.25, 0.3) is 0 Å². The van der Waals surface area contributed by atoms with Crippen LogP contribution in [-0.4, -0.2) is 28.9 Å². The number of carbonyl (C=O) groups is 1. The van der Waals surface area contributed by atoms with Gasteiger partial charge in [0.25, 0.3) is 0 Å². The van der Waals surface area contributed by atoms with Crippen LogP contribution >= 0.6 is 11.6 Å². The number of amides is 1. The SMILES string of the molecule is CC1=C(C)CC(C(=O)N2CCC(c3ccc(Cc4cccc(Cl)c4)cn3)CC2)CC1. The van der Waals surface area contributed by atoms with Crippen molar-refractivity contribution in [2.75, 3.05) is 13.1 Å². The molecule has 2 aliphatic rings. The molecule has 2 aromatic rings. The van der Waals surface area contributed by atoms with Crippen molar-refractivity contribution in [3.63, 3.8) is 0 Å². The van der Waals surface area contributed by atoms with Crippen LogP contribution in [0.15, 0.2) is 53.7 Å². The lowest BCUT2D eigenvalue weighted by Crippen LogP contribution is -2.42. The number of benzene rings is 1. The van der Waals surface area contributed by atoms with E-state index in [-0.39, 0.29) is 5.92 Å². The quantitative estimate of drug-likeness (QED) is 0.552. The maximum Gasteiger partial charge on any atom is 0.226 e. The lowest BCUT2D eigenvalue weighted by molar-refractivity contribution is -0.137. The van der Waals surface area contributed by atoms with Crippen LogP contribution in [0.5, 0.6) is 0 Å². The fraction of sp³-hybridized carbons (Fsp3) is 0.462. The van der Waals surface area contributed by atoms with Crippen molar-refractivity contribution < 1.29 is 4.79 Å². The van der Waals surface area contributed by atoms with E-state index >= 15 is 0 Å². The van der Waals surface area contributed by atoms with Gasteiger partial charge in [-0.3, -0.25) is 9.78 Å². The molecule has 3 nitrogen and oxygen atoms in total. The maximum absolute atomic E-state index is 13.0. The van der Waals surface area contributed by atoms with Crippen molar-refractivity contribution in [2.24, 2.45) is 5.92 Å². The lowest BCUT2D eigenvalue weighted by atomic mass is 9.83. The summed E-state index contributed by atoms with van der Waals surface area (Å²) >= 11 is 6.09. The summed E-state index contributed by atoms with van der Waals surface area (Å²) in [6.07, 6.45) is 7.88. The zero-order valence-electron chi connectivity index (χ0n) is 18.0. The molecule has 0 radical (unpaired) electrons. The van der Waals surface area contributed by atoms with Crippen LogP contribution in [-0.2, 0) is 11.2 Å². The third-order valence-corrected chi connectivity index (χ3v) is 7.10. The van der Waals surface area contributed by atoms with Gasteiger partial charge < -0.3 is 4.90 Å². The summed E-state index contributed by atoms with van der Waals surface area (Å²) in [6, 6.07) is 12.3. The average Bonchev–Trinajstić information content (AvgIpc) is 2.76. The van der Waals surface area contributed by atoms with E-state index < -0.39 is 0 Å². The normalized spacial score (nSPS) is 20.5. The molecule has 4 heteroatoms. The van der Waals surface area contributed by atoms with Crippen LogP contribution in [0.4, 0.5) is 0 Å². The largest absolute Gasteiger partial charge is 0.342 e. The summed E-state index contributed by atoms with van der Waals surface area (Å²) in [5.74, 6) is 1.00. The Morgan fingerprint density at radius 3 is 2.53 bits per heavy atom. The molecule has 4 rings (SSSR count). The minimum atomic E-state index is 0.189. The number of rotatable bonds is 4. The second-order valence-electron chi connectivity index (χ2n) is 9.00. The fourth-order valence-electron chi connectivity index (χ4n) is 4.78. The molecular formula is C26H31ClN2O. The van der Waals surface area contributed by atoms with Gasteiger partial charge in [0.15, 0.2) is 0 Å². The summed E-state index contributed by atoms with van der Waals surface area (Å²) < 4.78 is 0. The van der Waals surface area contributed by atoms with E-state index in [0.717, 1.165) is 62.3 Å². The fourth-order valence-corrected chi connectivity index (χ4v) is 4.99. The van der Waals surface area contributed by atoms with E-state index in [4.69, 9.17) is 16.6 Å². The average molecular weight is 423 g/mol. The minimum absolute atomic E-state index is 0.189. The van der Waals surface area contributed by atoms with Crippen molar-refractivity contribution in [3.05, 3.63) is 75.6 Å². The predicted octanol–water partition coefficient (Wildman–Crippen LogP) is 6.17. The highest BCUT2D eigenvalue weighted by Gasteiger charge is 2.30. The van der Waals surface area contributed by atoms with Gasteiger partial charge in [-0.25, -0.2) is 0 Å². The molecule has 158 valence electrons. The molecule has 0 N–H and O–H groups in total. The predicted molar refractivity (Wildman–Crippen MR) is 123 cm³/mol. The Labute approximate surface area is 185 Å². The zero-order valence-corrected chi connectivity index (χ0v) is 18.8. The van der Waals surface area contributed by atoms with Crippen molar-refractivity contribution in [2.45, 2.75) is 58.3 Å². The van der Waals surface area contributed by atoms with Gasteiger partial charge in [0, 0.05) is 41.8 Å². The Hall–Kier alpha value is -2.13. The van der Waals surface area contributed by atoms with E-state index in [1.54, 1.807) is 0 Å². The van der Waals surface area contributed by atoms with Gasteiger partial charge in [0.05, 0.1) is 0 Å². The van der Waals surface area contributed by atoms with Gasteiger partial charge in [-0.15, -0.1) is 0 Å². The van der Waals surface area contributed by atoms with Gasteiger partial charge >= 0.3 is 0 Å². The summed E-state index contributed by atoms with van der Waals surface area (Å²) in [7, 11) is 0. The Kier molecular flexibility index (Phi) is 6.58. The topological polar surface area (TPSA) is 33.2 Å². The number of aromatic nitrogens is 1. The smallest absolute Gasteiger partial charge is 0.226 e. The Bertz CT molecular complexity index is 926. The van der Waals surface area contributed by atoms with Gasteiger partial charge in [-0.2, -0.15) is 0 Å². The second-order valence-corrected chi connectivity index (χ2v) is 9.43. The molecule has 1 saturated heterocycles. The van der Waals surface area contributed by atoms with Gasteiger partial charge in [0.2, 0.25) is 5.91 Å². The Balaban J connectivity index is 1.31. The molecular weight excluding hydrogens is 392 g/mol. The van der Waals surface area contributed by atoms with Gasteiger partial charge in [-0.05, 0) is 81.7 Å². The molecule has 1 aliphatic heterocycles. The lowest BCUT2D eigenvalue weighted by Gasteiger charge is -2.35. The number of carbonyl (C=O) groups excluding carboxylic acids is 1. The first-order valence-electron chi connectivity index (χ1n) is 11.1. The van der Waals surface area contributed by atoms with Gasteiger partial charge in [-0.1, -0.05) is 40.9 Å². The molecule has 30 heavy (non-hydrogen) atoms. The summed E-state index contributed by atoms with van der Waals surface area (Å²) in [5, 5.41) is 0.771. The van der Waals surface area contributed by atoms with Crippen LogP contribution in [0.2, 0.25) is 5.02 Å². The monoisotopic (exact) mass is 422 g/mol. The molecule has 0 spiro atoms. The van der Waals surface area contributed by atoms with E-state index in [0.29, 0.717) is 11.8 Å². The number of halogens is 1. The molecule has 0 saturated carbocycles. The third kappa shape index (κ3) is 4.95. The van der Waals surface area contributed by atoms with Crippen molar-refractivity contribution in [1.82, 2.24) is 9.88 Å². The number of piperidine rings is 1. The molecule has 1 aromatic carbocycles. The van der Waals surface area contributed by atoms with Crippen LogP contribution < -0.4 is 0 Å². The number of pyridine rings is 1. The number of hydrogen-bond donors (Lipinski definition) is 0. The van der Waals surface area contributed by atoms with E-state index in [2.05, 4.69) is 36.9 Å². The zero-order chi connectivity index (χ0) is 21.1. The standard InChI is InChI=1S/C26H31ClN2O/c1-18-6-8-23(14-19(18)2)26(30)29-12-10-22(11-13-29)25-9-7-21(17-28-25)15-20-4-3-5-24(27)16-20/h3-5,7,9,16-17,22-23H,6,8,10-15H2,1-2H3. The molecule has 1 unspecified atom stereocenters. The van der Waals surface area contributed by atoms with E-state index in [1.165, 1.54) is 22.3 Å². The Morgan fingerprint density at radius 1 is 1.07 bits per heavy atom. The summed E-state index contributed by atoms with van der Waals surface area (Å²) in [4.78, 5) is 19.8. The molecule has 1 atom stereocenters. The van der Waals surface area contributed by atoms with Crippen LogP contribution in [0, 0.1) is 5.92 Å². The van der Waals surface area contributed by atoms with Crippen LogP contribution in [0.3, 0.4) is 0 Å². The highest BCUT2D eigenvalue weighted by atomic mass is 35.5. The Morgan fingerprint density at radius 2 is 1.87 bits per heavy atom. The second kappa shape index (κ2) is 9.34. The van der Waals surface area contributed by atoms with Crippen molar-refractivity contribution in [1.29, 1.82) is 0 Å². The number of nitrogens with zero attached hydrogens (tertiary/aromatic N) is 2. The number of likely N-dealkylation sites (tertiary alicyclic amines) is 1. The van der Waals surface area contributed by atoms with Gasteiger partial charge in [0.1, 0.15) is 0 Å². The minimum Gasteiger partial charge on any atom is -0.342 e. The highest BCUT2D eigenvalue weighted by Crippen LogP contribution is 2.33. The number of allylic oxidation sites excluding steroid dienone is 2. The first-order chi connectivity index (χ1) is 14.5. The summed E-state index contributed by atoms with van der Waals surface area (Å²) in [5.41, 5.74) is 6.44. The first-order valence-corrected chi connectivity index (χ1v) is 11.5. The van der Waals surface area contributed by atoms with E-state index in [9.17, 15) is 4.79 Å². The maximum atomic E-state index is 13.0. The van der Waals surface area contributed by atoms with E-state index in [1.807, 2.05) is 24.4 Å². The third-order valence-electron chi connectivity index (χ3n) is 6.87. The molecule has 1 aliphatic carbocycles. The first kappa shape index (κ1) is 21.1. The van der Waals surface area contributed by atoms with Crippen LogP contribution in [0.1, 0.15) is 68.7 Å². The van der Waals surface area contributed by atoms with Crippen molar-refractivity contribution in [3.8, 4) is 0 Å². The molecule has 0 bridgehead atoms.